The second-order valence-electron chi connectivity index (χ2n) is 2.90. The van der Waals surface area contributed by atoms with Crippen LogP contribution in [0.15, 0.2) is 30.3 Å². The molecule has 0 nitrogen and oxygen atoms in total. The first kappa shape index (κ1) is 9.56. The van der Waals surface area contributed by atoms with E-state index in [1.54, 1.807) is 0 Å². The standard InChI is InChI=1S/C10H10S3/c11-10-12-7-6-9(13-10)8-4-2-1-3-5-8/h1-5,9H,6-7H2. The number of hydrogen-bond acceptors (Lipinski definition) is 3. The highest BCUT2D eigenvalue weighted by Crippen LogP contribution is 2.41. The molecule has 1 heterocycles. The Labute approximate surface area is 92.5 Å². The average Bonchev–Trinajstić information content (AvgIpc) is 2.19. The predicted octanol–water partition coefficient (Wildman–Crippen LogP) is 3.88. The van der Waals surface area contributed by atoms with Crippen molar-refractivity contribution >= 4 is 39.3 Å². The molecular formula is C10H10S3. The molecule has 68 valence electrons. The van der Waals surface area contributed by atoms with E-state index in [0.29, 0.717) is 5.25 Å². The van der Waals surface area contributed by atoms with Crippen LogP contribution < -0.4 is 0 Å². The summed E-state index contributed by atoms with van der Waals surface area (Å²) in [6.45, 7) is 0. The Hall–Kier alpha value is 0.01000. The van der Waals surface area contributed by atoms with Gasteiger partial charge < -0.3 is 0 Å². The average molecular weight is 226 g/mol. The van der Waals surface area contributed by atoms with Gasteiger partial charge in [0.25, 0.3) is 0 Å². The minimum Gasteiger partial charge on any atom is -0.108 e. The Morgan fingerprint density at radius 2 is 2.00 bits per heavy atom. The summed E-state index contributed by atoms with van der Waals surface area (Å²) in [4.78, 5) is 0. The van der Waals surface area contributed by atoms with Crippen LogP contribution in [0.4, 0.5) is 0 Å². The van der Waals surface area contributed by atoms with Crippen LogP contribution in [0.3, 0.4) is 0 Å². The van der Waals surface area contributed by atoms with E-state index in [1.807, 2.05) is 23.5 Å². The smallest absolute Gasteiger partial charge is 0.104 e. The normalized spacial score (nSPS) is 23.1. The molecule has 0 amide bonds. The molecule has 0 saturated carbocycles. The molecule has 1 aromatic rings. The third-order valence-electron chi connectivity index (χ3n) is 2.01. The first-order chi connectivity index (χ1) is 6.36. The van der Waals surface area contributed by atoms with Crippen LogP contribution in [-0.2, 0) is 0 Å². The van der Waals surface area contributed by atoms with Crippen molar-refractivity contribution in [3.8, 4) is 0 Å². The zero-order valence-electron chi connectivity index (χ0n) is 7.10. The van der Waals surface area contributed by atoms with Crippen LogP contribution in [-0.4, -0.2) is 9.28 Å². The van der Waals surface area contributed by atoms with E-state index in [0.717, 1.165) is 3.53 Å². The second-order valence-corrected chi connectivity index (χ2v) is 6.41. The molecule has 0 N–H and O–H groups in total. The summed E-state index contributed by atoms with van der Waals surface area (Å²) in [5.41, 5.74) is 1.41. The van der Waals surface area contributed by atoms with Gasteiger partial charge in [0.1, 0.15) is 3.53 Å². The first-order valence-corrected chi connectivity index (χ1v) is 6.52. The molecule has 1 unspecified atom stereocenters. The van der Waals surface area contributed by atoms with E-state index < -0.39 is 0 Å². The van der Waals surface area contributed by atoms with Crippen molar-refractivity contribution in [1.29, 1.82) is 0 Å². The Balaban J connectivity index is 2.13. The molecule has 0 aromatic heterocycles. The van der Waals surface area contributed by atoms with Gasteiger partial charge in [-0.15, -0.1) is 11.8 Å². The summed E-state index contributed by atoms with van der Waals surface area (Å²) in [5, 5.41) is 0.593. The van der Waals surface area contributed by atoms with Crippen LogP contribution in [0.25, 0.3) is 0 Å². The van der Waals surface area contributed by atoms with Gasteiger partial charge in [-0.3, -0.25) is 0 Å². The zero-order valence-corrected chi connectivity index (χ0v) is 9.55. The monoisotopic (exact) mass is 226 g/mol. The molecular weight excluding hydrogens is 216 g/mol. The van der Waals surface area contributed by atoms with Crippen LogP contribution in [0.5, 0.6) is 0 Å². The molecule has 0 aliphatic carbocycles. The number of thioether (sulfide) groups is 2. The highest BCUT2D eigenvalue weighted by atomic mass is 32.2. The first-order valence-electron chi connectivity index (χ1n) is 4.24. The summed E-state index contributed by atoms with van der Waals surface area (Å²) in [6, 6.07) is 10.6. The number of rotatable bonds is 1. The van der Waals surface area contributed by atoms with Crippen molar-refractivity contribution < 1.29 is 0 Å². The third kappa shape index (κ3) is 2.48. The molecule has 2 rings (SSSR count). The fourth-order valence-corrected chi connectivity index (χ4v) is 4.26. The number of hydrogen-bond donors (Lipinski definition) is 0. The van der Waals surface area contributed by atoms with E-state index in [9.17, 15) is 0 Å². The van der Waals surface area contributed by atoms with Gasteiger partial charge in [0.2, 0.25) is 0 Å². The Bertz CT molecular complexity index is 294. The lowest BCUT2D eigenvalue weighted by atomic mass is 10.1. The lowest BCUT2D eigenvalue weighted by Gasteiger charge is -2.21. The van der Waals surface area contributed by atoms with Crippen LogP contribution in [0, 0.1) is 0 Å². The lowest BCUT2D eigenvalue weighted by molar-refractivity contribution is 0.911. The van der Waals surface area contributed by atoms with E-state index in [-0.39, 0.29) is 0 Å². The van der Waals surface area contributed by atoms with Crippen LogP contribution in [0.2, 0.25) is 0 Å². The van der Waals surface area contributed by atoms with Crippen molar-refractivity contribution in [3.63, 3.8) is 0 Å². The SMILES string of the molecule is S=C1SCCC(c2ccccc2)S1. The molecule has 1 aliphatic heterocycles. The van der Waals surface area contributed by atoms with Crippen molar-refractivity contribution in [2.45, 2.75) is 11.7 Å². The van der Waals surface area contributed by atoms with Gasteiger partial charge >= 0.3 is 0 Å². The van der Waals surface area contributed by atoms with E-state index >= 15 is 0 Å². The van der Waals surface area contributed by atoms with Gasteiger partial charge in [-0.1, -0.05) is 54.3 Å². The second kappa shape index (κ2) is 4.49. The fraction of sp³-hybridized carbons (Fsp3) is 0.300. The van der Waals surface area contributed by atoms with Crippen molar-refractivity contribution in [3.05, 3.63) is 35.9 Å². The maximum atomic E-state index is 5.21. The molecule has 3 heteroatoms. The van der Waals surface area contributed by atoms with Gasteiger partial charge in [0.05, 0.1) is 0 Å². The van der Waals surface area contributed by atoms with Crippen molar-refractivity contribution in [1.82, 2.24) is 0 Å². The molecule has 1 saturated heterocycles. The third-order valence-corrected chi connectivity index (χ3v) is 4.95. The highest BCUT2D eigenvalue weighted by Gasteiger charge is 2.19. The molecule has 1 fully saturated rings. The molecule has 0 spiro atoms. The molecule has 1 aromatic carbocycles. The quantitative estimate of drug-likeness (QED) is 0.667. The van der Waals surface area contributed by atoms with Gasteiger partial charge in [-0.2, -0.15) is 0 Å². The largest absolute Gasteiger partial charge is 0.108 e. The van der Waals surface area contributed by atoms with Gasteiger partial charge in [0, 0.05) is 11.0 Å². The lowest BCUT2D eigenvalue weighted by Crippen LogP contribution is -2.04. The summed E-state index contributed by atoms with van der Waals surface area (Å²) < 4.78 is 1.10. The van der Waals surface area contributed by atoms with Gasteiger partial charge in [0.15, 0.2) is 0 Å². The minimum absolute atomic E-state index is 0.593. The van der Waals surface area contributed by atoms with Gasteiger partial charge in [-0.05, 0) is 12.0 Å². The summed E-state index contributed by atoms with van der Waals surface area (Å²) in [6.07, 6.45) is 1.24. The van der Waals surface area contributed by atoms with Crippen molar-refractivity contribution in [2.75, 3.05) is 5.75 Å². The topological polar surface area (TPSA) is 0 Å². The van der Waals surface area contributed by atoms with Crippen molar-refractivity contribution in [2.24, 2.45) is 0 Å². The highest BCUT2D eigenvalue weighted by molar-refractivity contribution is 8.47. The molecule has 1 aliphatic rings. The molecule has 0 bridgehead atoms. The summed E-state index contributed by atoms with van der Waals surface area (Å²) >= 11 is 8.85. The molecule has 13 heavy (non-hydrogen) atoms. The molecule has 1 atom stereocenters. The maximum Gasteiger partial charge on any atom is 0.104 e. The summed E-state index contributed by atoms with van der Waals surface area (Å²) in [7, 11) is 0. The number of benzene rings is 1. The Morgan fingerprint density at radius 1 is 1.23 bits per heavy atom. The summed E-state index contributed by atoms with van der Waals surface area (Å²) in [5.74, 6) is 1.17. The maximum absolute atomic E-state index is 5.21. The Morgan fingerprint density at radius 3 is 2.69 bits per heavy atom. The Kier molecular flexibility index (Phi) is 3.30. The minimum atomic E-state index is 0.593. The zero-order chi connectivity index (χ0) is 9.10. The van der Waals surface area contributed by atoms with E-state index in [4.69, 9.17) is 12.2 Å². The van der Waals surface area contributed by atoms with E-state index in [1.165, 1.54) is 17.7 Å². The predicted molar refractivity (Wildman–Crippen MR) is 66.4 cm³/mol. The number of thiocarbonyl (C=S) groups is 1. The van der Waals surface area contributed by atoms with E-state index in [2.05, 4.69) is 30.3 Å². The fourth-order valence-electron chi connectivity index (χ4n) is 1.36. The van der Waals surface area contributed by atoms with Crippen LogP contribution in [0.1, 0.15) is 17.2 Å². The van der Waals surface area contributed by atoms with Gasteiger partial charge in [-0.25, -0.2) is 0 Å². The molecule has 0 radical (unpaired) electrons. The van der Waals surface area contributed by atoms with Crippen LogP contribution >= 0.6 is 35.7 Å².